The lowest BCUT2D eigenvalue weighted by molar-refractivity contribution is -0.142. The number of hydrogen-bond donors (Lipinski definition) is 3. The Labute approximate surface area is 101 Å². The molecule has 0 saturated heterocycles. The van der Waals surface area contributed by atoms with E-state index in [1.165, 1.54) is 13.8 Å². The summed E-state index contributed by atoms with van der Waals surface area (Å²) in [5.74, 6) is -1.86. The first kappa shape index (κ1) is 15.4. The van der Waals surface area contributed by atoms with Crippen molar-refractivity contribution in [2.75, 3.05) is 0 Å². The molecule has 98 valence electrons. The minimum absolute atomic E-state index is 0.326. The Morgan fingerprint density at radius 2 is 1.82 bits per heavy atom. The van der Waals surface area contributed by atoms with E-state index >= 15 is 0 Å². The fraction of sp³-hybridized carbons (Fsp3) is 0.727. The van der Waals surface area contributed by atoms with Crippen LogP contribution in [0.1, 0.15) is 40.0 Å². The Morgan fingerprint density at radius 3 is 2.24 bits per heavy atom. The molecule has 0 aliphatic heterocycles. The molecule has 0 rings (SSSR count). The Bertz CT molecular complexity index is 291. The molecule has 0 heterocycles. The monoisotopic (exact) mass is 244 g/mol. The minimum atomic E-state index is -1.05. The fourth-order valence-corrected chi connectivity index (χ4v) is 1.33. The van der Waals surface area contributed by atoms with Gasteiger partial charge in [0.15, 0.2) is 0 Å². The zero-order valence-corrected chi connectivity index (χ0v) is 10.4. The van der Waals surface area contributed by atoms with Crippen LogP contribution in [0.15, 0.2) is 0 Å². The van der Waals surface area contributed by atoms with Gasteiger partial charge in [0, 0.05) is 6.92 Å². The molecule has 17 heavy (non-hydrogen) atoms. The molecule has 0 aromatic heterocycles. The lowest BCUT2D eigenvalue weighted by Crippen LogP contribution is -2.49. The number of carbonyl (C=O) groups excluding carboxylic acids is 2. The Kier molecular flexibility index (Phi) is 6.93. The van der Waals surface area contributed by atoms with Gasteiger partial charge in [-0.2, -0.15) is 0 Å². The maximum atomic E-state index is 11.6. The van der Waals surface area contributed by atoms with Crippen molar-refractivity contribution in [1.82, 2.24) is 10.6 Å². The van der Waals surface area contributed by atoms with Gasteiger partial charge >= 0.3 is 5.97 Å². The maximum absolute atomic E-state index is 11.6. The van der Waals surface area contributed by atoms with Gasteiger partial charge in [-0.25, -0.2) is 4.79 Å². The van der Waals surface area contributed by atoms with Gasteiger partial charge in [-0.3, -0.25) is 9.59 Å². The number of carboxylic acid groups (broad SMARTS) is 1. The molecule has 0 bridgehead atoms. The molecule has 0 spiro atoms. The molecule has 0 radical (unpaired) electrons. The average molecular weight is 244 g/mol. The van der Waals surface area contributed by atoms with Gasteiger partial charge in [0.05, 0.1) is 0 Å². The molecule has 0 aromatic rings. The van der Waals surface area contributed by atoms with E-state index in [1.54, 1.807) is 0 Å². The van der Waals surface area contributed by atoms with Crippen LogP contribution >= 0.6 is 0 Å². The number of aliphatic carboxylic acids is 1. The van der Waals surface area contributed by atoms with Crippen molar-refractivity contribution in [3.63, 3.8) is 0 Å². The van der Waals surface area contributed by atoms with Crippen molar-refractivity contribution in [2.24, 2.45) is 0 Å². The summed E-state index contributed by atoms with van der Waals surface area (Å²) in [5, 5.41) is 13.7. The van der Waals surface area contributed by atoms with Crippen molar-refractivity contribution >= 4 is 17.8 Å². The molecule has 6 heteroatoms. The smallest absolute Gasteiger partial charge is 0.326 e. The van der Waals surface area contributed by atoms with E-state index in [4.69, 9.17) is 5.11 Å². The molecule has 3 N–H and O–H groups in total. The zero-order chi connectivity index (χ0) is 13.4. The predicted molar refractivity (Wildman–Crippen MR) is 62.4 cm³/mol. The van der Waals surface area contributed by atoms with Crippen LogP contribution in [0.25, 0.3) is 0 Å². The first-order valence-electron chi connectivity index (χ1n) is 5.68. The van der Waals surface area contributed by atoms with Crippen molar-refractivity contribution in [2.45, 2.75) is 52.1 Å². The summed E-state index contributed by atoms with van der Waals surface area (Å²) < 4.78 is 0. The number of nitrogens with one attached hydrogen (secondary N) is 2. The summed E-state index contributed by atoms with van der Waals surface area (Å²) in [7, 11) is 0. The summed E-state index contributed by atoms with van der Waals surface area (Å²) in [6, 6.07) is -1.62. The molecule has 6 nitrogen and oxygen atoms in total. The van der Waals surface area contributed by atoms with Gasteiger partial charge in [0.1, 0.15) is 12.1 Å². The largest absolute Gasteiger partial charge is 0.480 e. The van der Waals surface area contributed by atoms with Crippen molar-refractivity contribution in [3.05, 3.63) is 0 Å². The number of carbonyl (C=O) groups is 3. The van der Waals surface area contributed by atoms with E-state index in [-0.39, 0.29) is 5.91 Å². The van der Waals surface area contributed by atoms with E-state index < -0.39 is 24.0 Å². The maximum Gasteiger partial charge on any atom is 0.326 e. The number of carboxylic acids is 1. The van der Waals surface area contributed by atoms with E-state index in [0.29, 0.717) is 6.42 Å². The third kappa shape index (κ3) is 6.55. The molecule has 0 aliphatic rings. The second-order valence-electron chi connectivity index (χ2n) is 3.96. The predicted octanol–water partition coefficient (Wildman–Crippen LogP) is 0.271. The standard InChI is InChI=1S/C11H20N2O4/c1-4-5-6-9(11(16)17)13-10(15)7(2)12-8(3)14/h7,9H,4-6H2,1-3H3,(H,12,14)(H,13,15)(H,16,17)/t7?,9-/m0/s1. The lowest BCUT2D eigenvalue weighted by Gasteiger charge is -2.17. The Morgan fingerprint density at radius 1 is 1.24 bits per heavy atom. The number of rotatable bonds is 7. The van der Waals surface area contributed by atoms with Gasteiger partial charge in [-0.1, -0.05) is 19.8 Å². The summed E-state index contributed by atoms with van der Waals surface area (Å²) in [6.45, 7) is 4.76. The van der Waals surface area contributed by atoms with Gasteiger partial charge in [-0.15, -0.1) is 0 Å². The van der Waals surface area contributed by atoms with Crippen LogP contribution in [-0.2, 0) is 14.4 Å². The van der Waals surface area contributed by atoms with Crippen LogP contribution in [0.2, 0.25) is 0 Å². The molecule has 0 saturated carbocycles. The van der Waals surface area contributed by atoms with Gasteiger partial charge in [0.2, 0.25) is 11.8 Å². The molecule has 0 aliphatic carbocycles. The molecular weight excluding hydrogens is 224 g/mol. The summed E-state index contributed by atoms with van der Waals surface area (Å²) >= 11 is 0. The molecule has 1 unspecified atom stereocenters. The summed E-state index contributed by atoms with van der Waals surface area (Å²) in [4.78, 5) is 33.2. The fourth-order valence-electron chi connectivity index (χ4n) is 1.33. The van der Waals surface area contributed by atoms with Crippen LogP contribution in [0.5, 0.6) is 0 Å². The summed E-state index contributed by atoms with van der Waals surface area (Å²) in [5.41, 5.74) is 0. The second-order valence-corrected chi connectivity index (χ2v) is 3.96. The Hall–Kier alpha value is -1.59. The minimum Gasteiger partial charge on any atom is -0.480 e. The van der Waals surface area contributed by atoms with Crippen LogP contribution in [0.3, 0.4) is 0 Å². The number of hydrogen-bond acceptors (Lipinski definition) is 3. The van der Waals surface area contributed by atoms with Gasteiger partial charge < -0.3 is 15.7 Å². The van der Waals surface area contributed by atoms with E-state index in [0.717, 1.165) is 12.8 Å². The third-order valence-corrected chi connectivity index (χ3v) is 2.27. The van der Waals surface area contributed by atoms with Crippen molar-refractivity contribution in [3.8, 4) is 0 Å². The quantitative estimate of drug-likeness (QED) is 0.599. The lowest BCUT2D eigenvalue weighted by atomic mass is 10.1. The van der Waals surface area contributed by atoms with E-state index in [2.05, 4.69) is 10.6 Å². The Balaban J connectivity index is 4.29. The van der Waals surface area contributed by atoms with Gasteiger partial charge in [0.25, 0.3) is 0 Å². The van der Waals surface area contributed by atoms with Crippen LogP contribution in [0.4, 0.5) is 0 Å². The third-order valence-electron chi connectivity index (χ3n) is 2.27. The first-order chi connectivity index (χ1) is 7.88. The second kappa shape index (κ2) is 7.65. The molecule has 2 amide bonds. The zero-order valence-electron chi connectivity index (χ0n) is 10.4. The molecule has 2 atom stereocenters. The SMILES string of the molecule is CCCC[C@H](NC(=O)C(C)NC(C)=O)C(=O)O. The van der Waals surface area contributed by atoms with Crippen molar-refractivity contribution in [1.29, 1.82) is 0 Å². The average Bonchev–Trinajstić information content (AvgIpc) is 2.22. The highest BCUT2D eigenvalue weighted by Gasteiger charge is 2.22. The van der Waals surface area contributed by atoms with Gasteiger partial charge in [-0.05, 0) is 13.3 Å². The van der Waals surface area contributed by atoms with Crippen LogP contribution in [-0.4, -0.2) is 35.0 Å². The summed E-state index contributed by atoms with van der Waals surface area (Å²) in [6.07, 6.45) is 1.98. The topological polar surface area (TPSA) is 95.5 Å². The highest BCUT2D eigenvalue weighted by molar-refractivity contribution is 5.89. The normalized spacial score (nSPS) is 13.6. The molecule has 0 aromatic carbocycles. The highest BCUT2D eigenvalue weighted by atomic mass is 16.4. The van der Waals surface area contributed by atoms with Crippen LogP contribution in [0, 0.1) is 0 Å². The van der Waals surface area contributed by atoms with Crippen LogP contribution < -0.4 is 10.6 Å². The van der Waals surface area contributed by atoms with E-state index in [1.807, 2.05) is 6.92 Å². The molecule has 0 fully saturated rings. The first-order valence-corrected chi connectivity index (χ1v) is 5.68. The number of amides is 2. The number of unbranched alkanes of at least 4 members (excludes halogenated alkanes) is 1. The molecular formula is C11H20N2O4. The van der Waals surface area contributed by atoms with Crippen molar-refractivity contribution < 1.29 is 19.5 Å². The van der Waals surface area contributed by atoms with E-state index in [9.17, 15) is 14.4 Å². The highest BCUT2D eigenvalue weighted by Crippen LogP contribution is 2.01.